The molecule has 16 heavy (non-hydrogen) atoms. The molecule has 1 unspecified atom stereocenters. The summed E-state index contributed by atoms with van der Waals surface area (Å²) < 4.78 is 1.96. The molecule has 1 fully saturated rings. The monoisotopic (exact) mass is 235 g/mol. The second-order valence-corrected chi connectivity index (χ2v) is 4.77. The largest absolute Gasteiger partial charge is 0.316 e. The number of nitrogens with zero attached hydrogens (tertiary/aromatic N) is 2. The minimum atomic E-state index is 0.465. The van der Waals surface area contributed by atoms with Crippen molar-refractivity contribution in [2.75, 3.05) is 13.1 Å². The Morgan fingerprint density at radius 2 is 2.44 bits per heavy atom. The average molecular weight is 236 g/mol. The first-order valence-corrected chi connectivity index (χ1v) is 5.98. The zero-order chi connectivity index (χ0) is 11.1. The van der Waals surface area contributed by atoms with Crippen molar-refractivity contribution < 1.29 is 0 Å². The van der Waals surface area contributed by atoms with E-state index in [1.807, 2.05) is 10.6 Å². The molecule has 0 bridgehead atoms. The standard InChI is InChI=1S/C12H14ClN3/c1-8-3-5-16-10(6-8)15-11(12(16)13)9-2-4-14-7-9/h3,5-6,9,14H,2,4,7H2,1H3. The van der Waals surface area contributed by atoms with Gasteiger partial charge in [-0.05, 0) is 37.6 Å². The van der Waals surface area contributed by atoms with Crippen LogP contribution in [0.3, 0.4) is 0 Å². The van der Waals surface area contributed by atoms with Crippen molar-refractivity contribution in [3.63, 3.8) is 0 Å². The van der Waals surface area contributed by atoms with Crippen molar-refractivity contribution in [2.24, 2.45) is 0 Å². The highest BCUT2D eigenvalue weighted by Gasteiger charge is 2.23. The number of halogens is 1. The Labute approximate surface area is 99.4 Å². The van der Waals surface area contributed by atoms with Crippen molar-refractivity contribution >= 4 is 17.2 Å². The topological polar surface area (TPSA) is 29.3 Å². The third-order valence-electron chi connectivity index (χ3n) is 3.19. The van der Waals surface area contributed by atoms with E-state index in [-0.39, 0.29) is 0 Å². The summed E-state index contributed by atoms with van der Waals surface area (Å²) in [5.74, 6) is 0.465. The van der Waals surface area contributed by atoms with E-state index in [1.54, 1.807) is 0 Å². The average Bonchev–Trinajstić information content (AvgIpc) is 2.86. The molecule has 1 N–H and O–H groups in total. The molecule has 2 aromatic rings. The van der Waals surface area contributed by atoms with E-state index in [2.05, 4.69) is 29.4 Å². The number of imidazole rings is 1. The van der Waals surface area contributed by atoms with Crippen molar-refractivity contribution in [1.29, 1.82) is 0 Å². The van der Waals surface area contributed by atoms with Crippen LogP contribution in [0.15, 0.2) is 18.3 Å². The summed E-state index contributed by atoms with van der Waals surface area (Å²) in [6, 6.07) is 4.12. The molecule has 2 aromatic heterocycles. The number of aromatic nitrogens is 2. The second kappa shape index (κ2) is 3.75. The molecule has 1 aliphatic heterocycles. The van der Waals surface area contributed by atoms with Gasteiger partial charge in [-0.15, -0.1) is 0 Å². The van der Waals surface area contributed by atoms with Crippen molar-refractivity contribution in [3.05, 3.63) is 34.7 Å². The Kier molecular flexibility index (Phi) is 2.37. The van der Waals surface area contributed by atoms with Crippen LogP contribution >= 0.6 is 11.6 Å². The van der Waals surface area contributed by atoms with E-state index in [9.17, 15) is 0 Å². The maximum absolute atomic E-state index is 6.36. The molecule has 4 heteroatoms. The van der Waals surface area contributed by atoms with Crippen LogP contribution in [-0.4, -0.2) is 22.5 Å². The smallest absolute Gasteiger partial charge is 0.138 e. The molecule has 0 radical (unpaired) electrons. The molecule has 0 amide bonds. The zero-order valence-corrected chi connectivity index (χ0v) is 9.96. The summed E-state index contributed by atoms with van der Waals surface area (Å²) in [6.45, 7) is 4.12. The second-order valence-electron chi connectivity index (χ2n) is 4.41. The number of fused-ring (bicyclic) bond motifs is 1. The first kappa shape index (κ1) is 10.1. The van der Waals surface area contributed by atoms with Gasteiger partial charge in [-0.2, -0.15) is 0 Å². The Bertz CT molecular complexity index is 526. The van der Waals surface area contributed by atoms with Crippen LogP contribution in [0.2, 0.25) is 5.15 Å². The maximum atomic E-state index is 6.36. The van der Waals surface area contributed by atoms with Crippen LogP contribution in [0.5, 0.6) is 0 Å². The Morgan fingerprint density at radius 1 is 1.56 bits per heavy atom. The number of pyridine rings is 1. The van der Waals surface area contributed by atoms with Gasteiger partial charge in [0.05, 0.1) is 5.69 Å². The maximum Gasteiger partial charge on any atom is 0.138 e. The molecule has 0 spiro atoms. The highest BCUT2D eigenvalue weighted by Crippen LogP contribution is 2.29. The van der Waals surface area contributed by atoms with Gasteiger partial charge in [0.15, 0.2) is 0 Å². The molecule has 0 aliphatic carbocycles. The van der Waals surface area contributed by atoms with Gasteiger partial charge in [-0.3, -0.25) is 4.40 Å². The minimum absolute atomic E-state index is 0.465. The molecule has 0 saturated carbocycles. The Hall–Kier alpha value is -1.06. The fourth-order valence-corrected chi connectivity index (χ4v) is 2.62. The van der Waals surface area contributed by atoms with Crippen LogP contribution in [0, 0.1) is 6.92 Å². The number of nitrogens with one attached hydrogen (secondary N) is 1. The summed E-state index contributed by atoms with van der Waals surface area (Å²) in [6.07, 6.45) is 3.12. The number of aryl methyl sites for hydroxylation is 1. The molecule has 3 rings (SSSR count). The van der Waals surface area contributed by atoms with Gasteiger partial charge in [0, 0.05) is 18.7 Å². The molecule has 1 atom stereocenters. The SMILES string of the molecule is Cc1ccn2c(Cl)c(C3CCNC3)nc2c1. The first-order chi connectivity index (χ1) is 7.75. The summed E-state index contributed by atoms with van der Waals surface area (Å²) in [7, 11) is 0. The van der Waals surface area contributed by atoms with E-state index in [4.69, 9.17) is 11.6 Å². The highest BCUT2D eigenvalue weighted by molar-refractivity contribution is 6.30. The van der Waals surface area contributed by atoms with E-state index >= 15 is 0 Å². The van der Waals surface area contributed by atoms with E-state index < -0.39 is 0 Å². The van der Waals surface area contributed by atoms with Crippen molar-refractivity contribution in [2.45, 2.75) is 19.3 Å². The quantitative estimate of drug-likeness (QED) is 0.823. The fraction of sp³-hybridized carbons (Fsp3) is 0.417. The van der Waals surface area contributed by atoms with Crippen LogP contribution in [0.1, 0.15) is 23.6 Å². The molecule has 0 aromatic carbocycles. The van der Waals surface area contributed by atoms with Gasteiger partial charge in [0.1, 0.15) is 10.8 Å². The van der Waals surface area contributed by atoms with Crippen LogP contribution in [0.25, 0.3) is 5.65 Å². The van der Waals surface area contributed by atoms with Gasteiger partial charge in [-0.25, -0.2) is 4.98 Å². The molecular formula is C12H14ClN3. The van der Waals surface area contributed by atoms with E-state index in [0.717, 1.165) is 36.0 Å². The summed E-state index contributed by atoms with van der Waals surface area (Å²) in [5, 5.41) is 4.11. The number of rotatable bonds is 1. The fourth-order valence-electron chi connectivity index (χ4n) is 2.28. The normalized spacial score (nSPS) is 20.8. The van der Waals surface area contributed by atoms with Crippen LogP contribution in [-0.2, 0) is 0 Å². The Morgan fingerprint density at radius 3 is 3.19 bits per heavy atom. The van der Waals surface area contributed by atoms with Gasteiger partial charge in [-0.1, -0.05) is 11.6 Å². The third-order valence-corrected chi connectivity index (χ3v) is 3.57. The predicted molar refractivity (Wildman–Crippen MR) is 65.2 cm³/mol. The van der Waals surface area contributed by atoms with E-state index in [1.165, 1.54) is 5.56 Å². The molecule has 1 aliphatic rings. The lowest BCUT2D eigenvalue weighted by atomic mass is 10.1. The lowest BCUT2D eigenvalue weighted by Crippen LogP contribution is -2.08. The number of hydrogen-bond acceptors (Lipinski definition) is 2. The van der Waals surface area contributed by atoms with Gasteiger partial charge in [0.2, 0.25) is 0 Å². The minimum Gasteiger partial charge on any atom is -0.316 e. The van der Waals surface area contributed by atoms with Gasteiger partial charge < -0.3 is 5.32 Å². The Balaban J connectivity index is 2.14. The number of hydrogen-bond donors (Lipinski definition) is 1. The summed E-state index contributed by atoms with van der Waals surface area (Å²) in [5.41, 5.74) is 3.20. The van der Waals surface area contributed by atoms with Crippen LogP contribution in [0.4, 0.5) is 0 Å². The molecule has 3 nitrogen and oxygen atoms in total. The molecular weight excluding hydrogens is 222 g/mol. The van der Waals surface area contributed by atoms with E-state index in [0.29, 0.717) is 5.92 Å². The van der Waals surface area contributed by atoms with Crippen molar-refractivity contribution in [1.82, 2.24) is 14.7 Å². The lowest BCUT2D eigenvalue weighted by molar-refractivity contribution is 0.742. The first-order valence-electron chi connectivity index (χ1n) is 5.60. The molecule has 84 valence electrons. The summed E-state index contributed by atoms with van der Waals surface area (Å²) >= 11 is 6.36. The van der Waals surface area contributed by atoms with Crippen LogP contribution < -0.4 is 5.32 Å². The van der Waals surface area contributed by atoms with Gasteiger partial charge in [0.25, 0.3) is 0 Å². The molecule has 1 saturated heterocycles. The molecule has 3 heterocycles. The lowest BCUT2D eigenvalue weighted by Gasteiger charge is -2.03. The van der Waals surface area contributed by atoms with Gasteiger partial charge >= 0.3 is 0 Å². The summed E-state index contributed by atoms with van der Waals surface area (Å²) in [4.78, 5) is 4.65. The highest BCUT2D eigenvalue weighted by atomic mass is 35.5. The predicted octanol–water partition coefficient (Wildman–Crippen LogP) is 2.37. The zero-order valence-electron chi connectivity index (χ0n) is 9.20. The third kappa shape index (κ3) is 1.51. The van der Waals surface area contributed by atoms with Crippen molar-refractivity contribution in [3.8, 4) is 0 Å².